The molecule has 0 bridgehead atoms. The monoisotopic (exact) mass is 310 g/mol. The molecule has 1 aromatic rings. The summed E-state index contributed by atoms with van der Waals surface area (Å²) in [5.41, 5.74) is 7.53. The Labute approximate surface area is 128 Å². The molecule has 0 aromatic heterocycles. The Balaban J connectivity index is 2.16. The molecule has 0 radical (unpaired) electrons. The molecular formula is C16H26N2O2S. The maximum absolute atomic E-state index is 12.5. The van der Waals surface area contributed by atoms with Gasteiger partial charge in [-0.05, 0) is 61.3 Å². The van der Waals surface area contributed by atoms with Crippen molar-refractivity contribution < 1.29 is 8.42 Å². The van der Waals surface area contributed by atoms with Gasteiger partial charge in [0.2, 0.25) is 10.0 Å². The molecule has 118 valence electrons. The van der Waals surface area contributed by atoms with Crippen LogP contribution in [0.5, 0.6) is 0 Å². The molecule has 2 rings (SSSR count). The Morgan fingerprint density at radius 3 is 2.33 bits per heavy atom. The highest BCUT2D eigenvalue weighted by molar-refractivity contribution is 7.89. The molecule has 1 aliphatic carbocycles. The maximum Gasteiger partial charge on any atom is 0.240 e. The van der Waals surface area contributed by atoms with Crippen LogP contribution in [0.25, 0.3) is 0 Å². The van der Waals surface area contributed by atoms with Gasteiger partial charge in [0.1, 0.15) is 0 Å². The van der Waals surface area contributed by atoms with E-state index in [2.05, 4.69) is 18.6 Å². The molecule has 4 nitrogen and oxygen atoms in total. The predicted octanol–water partition coefficient (Wildman–Crippen LogP) is 2.56. The average Bonchev–Trinajstić information content (AvgIpc) is 2.36. The molecule has 0 heterocycles. The van der Waals surface area contributed by atoms with E-state index in [1.54, 1.807) is 18.2 Å². The molecular weight excluding hydrogens is 284 g/mol. The largest absolute Gasteiger partial charge is 0.326 e. The van der Waals surface area contributed by atoms with E-state index in [-0.39, 0.29) is 6.04 Å². The van der Waals surface area contributed by atoms with Crippen molar-refractivity contribution in [2.45, 2.75) is 57.5 Å². The van der Waals surface area contributed by atoms with Crippen LogP contribution in [0.2, 0.25) is 0 Å². The van der Waals surface area contributed by atoms with Crippen molar-refractivity contribution >= 4 is 10.0 Å². The van der Waals surface area contributed by atoms with Crippen LogP contribution in [0, 0.1) is 18.8 Å². The zero-order valence-corrected chi connectivity index (χ0v) is 13.9. The van der Waals surface area contributed by atoms with Gasteiger partial charge in [0, 0.05) is 12.6 Å². The first-order valence-corrected chi connectivity index (χ1v) is 9.12. The van der Waals surface area contributed by atoms with Gasteiger partial charge in [-0.2, -0.15) is 0 Å². The standard InChI is InChI=1S/C16H26N2O2S/c1-11-6-12(2)8-15(7-11)18-21(19,20)16-5-4-14(10-17)13(3)9-16/h4-5,9,11-12,15,18H,6-8,10,17H2,1-3H3. The van der Waals surface area contributed by atoms with Gasteiger partial charge in [-0.1, -0.05) is 19.9 Å². The van der Waals surface area contributed by atoms with Crippen molar-refractivity contribution in [1.82, 2.24) is 4.72 Å². The van der Waals surface area contributed by atoms with Crippen molar-refractivity contribution in [1.29, 1.82) is 0 Å². The van der Waals surface area contributed by atoms with Crippen molar-refractivity contribution in [2.24, 2.45) is 17.6 Å². The fourth-order valence-electron chi connectivity index (χ4n) is 3.40. The molecule has 2 atom stereocenters. The van der Waals surface area contributed by atoms with E-state index in [0.29, 0.717) is 23.3 Å². The van der Waals surface area contributed by atoms with Crippen LogP contribution in [0.15, 0.2) is 23.1 Å². The van der Waals surface area contributed by atoms with E-state index in [0.717, 1.165) is 24.0 Å². The number of hydrogen-bond acceptors (Lipinski definition) is 3. The van der Waals surface area contributed by atoms with Gasteiger partial charge in [-0.3, -0.25) is 0 Å². The van der Waals surface area contributed by atoms with Crippen molar-refractivity contribution in [3.8, 4) is 0 Å². The number of aryl methyl sites for hydroxylation is 1. The van der Waals surface area contributed by atoms with Gasteiger partial charge in [0.25, 0.3) is 0 Å². The number of rotatable bonds is 4. The first-order valence-electron chi connectivity index (χ1n) is 7.63. The molecule has 1 fully saturated rings. The van der Waals surface area contributed by atoms with Crippen molar-refractivity contribution in [3.63, 3.8) is 0 Å². The van der Waals surface area contributed by atoms with Crippen molar-refractivity contribution in [2.75, 3.05) is 0 Å². The lowest BCUT2D eigenvalue weighted by Gasteiger charge is -2.31. The van der Waals surface area contributed by atoms with Gasteiger partial charge < -0.3 is 5.73 Å². The van der Waals surface area contributed by atoms with Crippen LogP contribution in [-0.4, -0.2) is 14.5 Å². The molecule has 2 unspecified atom stereocenters. The van der Waals surface area contributed by atoms with E-state index in [1.807, 2.05) is 6.92 Å². The van der Waals surface area contributed by atoms with E-state index < -0.39 is 10.0 Å². The summed E-state index contributed by atoms with van der Waals surface area (Å²) in [5.74, 6) is 1.14. The summed E-state index contributed by atoms with van der Waals surface area (Å²) < 4.78 is 27.9. The zero-order chi connectivity index (χ0) is 15.6. The first-order chi connectivity index (χ1) is 9.81. The summed E-state index contributed by atoms with van der Waals surface area (Å²) >= 11 is 0. The summed E-state index contributed by atoms with van der Waals surface area (Å²) in [6.07, 6.45) is 3.02. The zero-order valence-electron chi connectivity index (χ0n) is 13.1. The van der Waals surface area contributed by atoms with E-state index in [9.17, 15) is 8.42 Å². The Morgan fingerprint density at radius 1 is 1.19 bits per heavy atom. The van der Waals surface area contributed by atoms with Crippen LogP contribution < -0.4 is 10.5 Å². The van der Waals surface area contributed by atoms with Crippen LogP contribution in [0.3, 0.4) is 0 Å². The third-order valence-corrected chi connectivity index (χ3v) is 5.86. The number of nitrogens with two attached hydrogens (primary N) is 1. The summed E-state index contributed by atoms with van der Waals surface area (Å²) in [7, 11) is -3.45. The van der Waals surface area contributed by atoms with Gasteiger partial charge >= 0.3 is 0 Å². The smallest absolute Gasteiger partial charge is 0.240 e. The molecule has 21 heavy (non-hydrogen) atoms. The van der Waals surface area contributed by atoms with Crippen LogP contribution in [0.4, 0.5) is 0 Å². The Bertz CT molecular complexity index is 588. The number of sulfonamides is 1. The molecule has 1 aliphatic rings. The second-order valence-electron chi connectivity index (χ2n) is 6.53. The SMILES string of the molecule is Cc1cc(S(=O)(=O)NC2CC(C)CC(C)C2)ccc1CN. The Morgan fingerprint density at radius 2 is 1.81 bits per heavy atom. The van der Waals surface area contributed by atoms with Gasteiger partial charge in [-0.25, -0.2) is 13.1 Å². The van der Waals surface area contributed by atoms with Gasteiger partial charge in [0.15, 0.2) is 0 Å². The van der Waals surface area contributed by atoms with Gasteiger partial charge in [0.05, 0.1) is 4.90 Å². The van der Waals surface area contributed by atoms with Crippen molar-refractivity contribution in [3.05, 3.63) is 29.3 Å². The van der Waals surface area contributed by atoms with Gasteiger partial charge in [-0.15, -0.1) is 0 Å². The number of hydrogen-bond donors (Lipinski definition) is 2. The van der Waals surface area contributed by atoms with E-state index in [1.165, 1.54) is 6.42 Å². The second-order valence-corrected chi connectivity index (χ2v) is 8.24. The minimum atomic E-state index is -3.45. The normalized spacial score (nSPS) is 26.8. The summed E-state index contributed by atoms with van der Waals surface area (Å²) in [6.45, 7) is 6.71. The fourth-order valence-corrected chi connectivity index (χ4v) is 4.74. The lowest BCUT2D eigenvalue weighted by Crippen LogP contribution is -2.40. The molecule has 5 heteroatoms. The average molecular weight is 310 g/mol. The first kappa shape index (κ1) is 16.5. The highest BCUT2D eigenvalue weighted by atomic mass is 32.2. The number of benzene rings is 1. The summed E-state index contributed by atoms with van der Waals surface area (Å²) in [5, 5.41) is 0. The lowest BCUT2D eigenvalue weighted by atomic mass is 9.81. The minimum absolute atomic E-state index is 0.0447. The molecule has 0 saturated heterocycles. The third kappa shape index (κ3) is 4.05. The second kappa shape index (κ2) is 6.46. The molecule has 1 aromatic carbocycles. The number of nitrogens with one attached hydrogen (secondary N) is 1. The lowest BCUT2D eigenvalue weighted by molar-refractivity contribution is 0.257. The fraction of sp³-hybridized carbons (Fsp3) is 0.625. The molecule has 3 N–H and O–H groups in total. The topological polar surface area (TPSA) is 72.2 Å². The highest BCUT2D eigenvalue weighted by Crippen LogP contribution is 2.29. The van der Waals surface area contributed by atoms with E-state index in [4.69, 9.17) is 5.73 Å². The Kier molecular flexibility index (Phi) is 5.07. The molecule has 0 spiro atoms. The van der Waals surface area contributed by atoms with Crippen LogP contribution >= 0.6 is 0 Å². The Hall–Kier alpha value is -0.910. The highest BCUT2D eigenvalue weighted by Gasteiger charge is 2.28. The molecule has 1 saturated carbocycles. The quantitative estimate of drug-likeness (QED) is 0.897. The summed E-state index contributed by atoms with van der Waals surface area (Å²) in [4.78, 5) is 0.336. The maximum atomic E-state index is 12.5. The third-order valence-electron chi connectivity index (χ3n) is 4.34. The predicted molar refractivity (Wildman–Crippen MR) is 85.4 cm³/mol. The molecule has 0 amide bonds. The van der Waals surface area contributed by atoms with Crippen LogP contribution in [0.1, 0.15) is 44.2 Å². The van der Waals surface area contributed by atoms with E-state index >= 15 is 0 Å². The minimum Gasteiger partial charge on any atom is -0.326 e. The summed E-state index contributed by atoms with van der Waals surface area (Å²) in [6, 6.07) is 5.20. The van der Waals surface area contributed by atoms with Crippen LogP contribution in [-0.2, 0) is 16.6 Å². The molecule has 0 aliphatic heterocycles.